The van der Waals surface area contributed by atoms with Crippen LogP contribution in [0.3, 0.4) is 0 Å². The number of nitrogens with zero attached hydrogens (tertiary/aromatic N) is 1. The highest BCUT2D eigenvalue weighted by molar-refractivity contribution is 5.89. The molecule has 2 aromatic rings. The Bertz CT molecular complexity index is 692. The maximum atomic E-state index is 11.0. The molecule has 0 unspecified atom stereocenters. The highest BCUT2D eigenvalue weighted by Crippen LogP contribution is 2.41. The Balaban J connectivity index is 1.90. The van der Waals surface area contributed by atoms with Gasteiger partial charge in [0.15, 0.2) is 0 Å². The summed E-state index contributed by atoms with van der Waals surface area (Å²) in [4.78, 5) is 16.1. The van der Waals surface area contributed by atoms with Crippen LogP contribution in [-0.4, -0.2) is 23.4 Å². The summed E-state index contributed by atoms with van der Waals surface area (Å²) >= 11 is 0. The van der Waals surface area contributed by atoms with E-state index in [1.807, 2.05) is 18.3 Å². The fourth-order valence-electron chi connectivity index (χ4n) is 3.78. The van der Waals surface area contributed by atoms with E-state index >= 15 is 0 Å². The third kappa shape index (κ3) is 1.63. The zero-order chi connectivity index (χ0) is 13.7. The number of aromatic nitrogens is 1. The van der Waals surface area contributed by atoms with Gasteiger partial charge in [0, 0.05) is 23.5 Å². The monoisotopic (exact) mass is 271 g/mol. The largest absolute Gasteiger partial charge is 0.429 e. The Hall–Kier alpha value is -2.01. The van der Waals surface area contributed by atoms with Gasteiger partial charge in [-0.2, -0.15) is 4.73 Å². The number of hydrogen-bond donors (Lipinski definition) is 2. The molecule has 2 atom stereocenters. The van der Waals surface area contributed by atoms with Crippen LogP contribution in [0.5, 0.6) is 0 Å². The van der Waals surface area contributed by atoms with Gasteiger partial charge in [-0.1, -0.05) is 12.1 Å². The quantitative estimate of drug-likeness (QED) is 0.826. The number of fused-ring (bicyclic) bond motifs is 2. The summed E-state index contributed by atoms with van der Waals surface area (Å²) in [6.45, 7) is 1.09. The molecule has 1 aromatic heterocycles. The molecule has 0 radical (unpaired) electrons. The maximum absolute atomic E-state index is 11.0. The minimum atomic E-state index is -0.784. The molecule has 20 heavy (non-hydrogen) atoms. The van der Waals surface area contributed by atoms with Crippen LogP contribution >= 0.6 is 0 Å². The molecule has 2 aliphatic rings. The third-order valence-corrected chi connectivity index (χ3v) is 4.52. The van der Waals surface area contributed by atoms with Crippen molar-refractivity contribution in [3.8, 4) is 0 Å². The standard InChI is InChI=1S/C15H17N3O2/c16-15(19)20-18-8-9-7-12-10(4-2-6-17-12)11-3-1-5-13(18)14(9)11/h1,3,5,8,10,12,17H,2,4,6-7H2,(H2,16,19)/t10-,12-/m1/s1. The fourth-order valence-corrected chi connectivity index (χ4v) is 3.78. The van der Waals surface area contributed by atoms with E-state index in [1.54, 1.807) is 0 Å². The van der Waals surface area contributed by atoms with Crippen molar-refractivity contribution in [3.63, 3.8) is 0 Å². The van der Waals surface area contributed by atoms with E-state index in [1.165, 1.54) is 34.1 Å². The minimum absolute atomic E-state index is 0.492. The van der Waals surface area contributed by atoms with Crippen molar-refractivity contribution in [1.29, 1.82) is 0 Å². The number of carbonyl (C=O) groups excluding carboxylic acids is 1. The van der Waals surface area contributed by atoms with Gasteiger partial charge in [0.1, 0.15) is 0 Å². The van der Waals surface area contributed by atoms with Gasteiger partial charge in [-0.3, -0.25) is 0 Å². The number of piperidine rings is 1. The van der Waals surface area contributed by atoms with Gasteiger partial charge in [0.25, 0.3) is 0 Å². The van der Waals surface area contributed by atoms with E-state index < -0.39 is 6.09 Å². The SMILES string of the molecule is NC(=O)On1cc2c3c(cccc31)[C@H]1CCCN[C@@H]1C2. The van der Waals surface area contributed by atoms with Crippen LogP contribution in [0, 0.1) is 0 Å². The maximum Gasteiger partial charge on any atom is 0.429 e. The average Bonchev–Trinajstić information content (AvgIpc) is 2.78. The summed E-state index contributed by atoms with van der Waals surface area (Å²) in [5, 5.41) is 4.85. The summed E-state index contributed by atoms with van der Waals surface area (Å²) in [6, 6.07) is 6.69. The molecular formula is C15H17N3O2. The fraction of sp³-hybridized carbons (Fsp3) is 0.400. The molecule has 2 heterocycles. The summed E-state index contributed by atoms with van der Waals surface area (Å²) in [7, 11) is 0. The van der Waals surface area contributed by atoms with Crippen LogP contribution < -0.4 is 15.9 Å². The molecule has 1 fully saturated rings. The van der Waals surface area contributed by atoms with Crippen LogP contribution in [0.1, 0.15) is 29.9 Å². The van der Waals surface area contributed by atoms with Crippen LogP contribution in [0.4, 0.5) is 4.79 Å². The van der Waals surface area contributed by atoms with Crippen LogP contribution in [0.2, 0.25) is 0 Å². The predicted molar refractivity (Wildman–Crippen MR) is 75.6 cm³/mol. The molecule has 0 spiro atoms. The summed E-state index contributed by atoms with van der Waals surface area (Å²) in [5.74, 6) is 0.560. The van der Waals surface area contributed by atoms with E-state index in [0.717, 1.165) is 18.5 Å². The van der Waals surface area contributed by atoms with Gasteiger partial charge in [0.05, 0.1) is 5.52 Å². The van der Waals surface area contributed by atoms with Crippen molar-refractivity contribution in [3.05, 3.63) is 35.5 Å². The number of carbonyl (C=O) groups is 1. The molecule has 1 amide bonds. The number of nitrogens with two attached hydrogens (primary N) is 1. The Morgan fingerprint density at radius 2 is 2.35 bits per heavy atom. The topological polar surface area (TPSA) is 69.3 Å². The van der Waals surface area contributed by atoms with Crippen molar-refractivity contribution >= 4 is 17.0 Å². The lowest BCUT2D eigenvalue weighted by molar-refractivity contribution is 0.148. The lowest BCUT2D eigenvalue weighted by Gasteiger charge is -2.36. The molecule has 1 saturated heterocycles. The zero-order valence-corrected chi connectivity index (χ0v) is 11.1. The van der Waals surface area contributed by atoms with Gasteiger partial charge < -0.3 is 15.9 Å². The molecule has 1 aromatic carbocycles. The molecule has 0 bridgehead atoms. The number of nitrogens with one attached hydrogen (secondary N) is 1. The lowest BCUT2D eigenvalue weighted by Crippen LogP contribution is -2.43. The Morgan fingerprint density at radius 3 is 3.20 bits per heavy atom. The van der Waals surface area contributed by atoms with Crippen LogP contribution in [0.15, 0.2) is 24.4 Å². The molecule has 1 aliphatic heterocycles. The van der Waals surface area contributed by atoms with Crippen LogP contribution in [0.25, 0.3) is 10.9 Å². The smallest absolute Gasteiger partial charge is 0.333 e. The number of primary amides is 1. The first kappa shape index (κ1) is 11.8. The second-order valence-electron chi connectivity index (χ2n) is 5.65. The molecule has 1 aliphatic carbocycles. The minimum Gasteiger partial charge on any atom is -0.333 e. The molecule has 5 nitrogen and oxygen atoms in total. The molecular weight excluding hydrogens is 254 g/mol. The summed E-state index contributed by atoms with van der Waals surface area (Å²) in [6.07, 6.45) is 4.52. The first-order valence-electron chi connectivity index (χ1n) is 7.08. The number of amides is 1. The zero-order valence-electron chi connectivity index (χ0n) is 11.1. The third-order valence-electron chi connectivity index (χ3n) is 4.52. The molecule has 0 saturated carbocycles. The van der Waals surface area contributed by atoms with Crippen molar-refractivity contribution in [2.24, 2.45) is 5.73 Å². The first-order valence-corrected chi connectivity index (χ1v) is 7.08. The second-order valence-corrected chi connectivity index (χ2v) is 5.65. The average molecular weight is 271 g/mol. The predicted octanol–water partition coefficient (Wildman–Crippen LogP) is 1.54. The Morgan fingerprint density at radius 1 is 1.45 bits per heavy atom. The summed E-state index contributed by atoms with van der Waals surface area (Å²) in [5.41, 5.74) is 8.67. The number of benzene rings is 1. The van der Waals surface area contributed by atoms with E-state index in [9.17, 15) is 4.79 Å². The number of rotatable bonds is 1. The molecule has 5 heteroatoms. The molecule has 4 rings (SSSR count). The van der Waals surface area contributed by atoms with E-state index in [-0.39, 0.29) is 0 Å². The Labute approximate surface area is 116 Å². The lowest BCUT2D eigenvalue weighted by atomic mass is 9.76. The van der Waals surface area contributed by atoms with Gasteiger partial charge in [-0.25, -0.2) is 4.79 Å². The van der Waals surface area contributed by atoms with E-state index in [4.69, 9.17) is 10.6 Å². The van der Waals surface area contributed by atoms with Crippen molar-refractivity contribution in [2.75, 3.05) is 6.54 Å². The Kier molecular flexibility index (Phi) is 2.50. The van der Waals surface area contributed by atoms with E-state index in [2.05, 4.69) is 11.4 Å². The van der Waals surface area contributed by atoms with Crippen molar-refractivity contribution < 1.29 is 9.63 Å². The summed E-state index contributed by atoms with van der Waals surface area (Å²) < 4.78 is 1.51. The highest BCUT2D eigenvalue weighted by Gasteiger charge is 2.33. The van der Waals surface area contributed by atoms with Crippen molar-refractivity contribution in [2.45, 2.75) is 31.2 Å². The van der Waals surface area contributed by atoms with Gasteiger partial charge in [-0.15, -0.1) is 0 Å². The second kappa shape index (κ2) is 4.24. The van der Waals surface area contributed by atoms with E-state index in [0.29, 0.717) is 12.0 Å². The van der Waals surface area contributed by atoms with Crippen molar-refractivity contribution in [1.82, 2.24) is 10.0 Å². The highest BCUT2D eigenvalue weighted by atomic mass is 16.7. The van der Waals surface area contributed by atoms with Gasteiger partial charge >= 0.3 is 6.09 Å². The van der Waals surface area contributed by atoms with Gasteiger partial charge in [0.2, 0.25) is 0 Å². The molecule has 104 valence electrons. The number of hydrogen-bond acceptors (Lipinski definition) is 3. The first-order chi connectivity index (χ1) is 9.74. The molecule has 3 N–H and O–H groups in total. The van der Waals surface area contributed by atoms with Crippen LogP contribution in [-0.2, 0) is 6.42 Å². The normalized spacial score (nSPS) is 24.4. The van der Waals surface area contributed by atoms with Gasteiger partial charge in [-0.05, 0) is 43.0 Å².